The first-order valence-corrected chi connectivity index (χ1v) is 9.73. The summed E-state index contributed by atoms with van der Waals surface area (Å²) in [5.41, 5.74) is 2.54. The lowest BCUT2D eigenvalue weighted by Gasteiger charge is -2.14. The molecular weight excluding hydrogens is 342 g/mol. The fourth-order valence-electron chi connectivity index (χ4n) is 3.00. The Morgan fingerprint density at radius 2 is 1.92 bits per heavy atom. The van der Waals surface area contributed by atoms with Crippen molar-refractivity contribution < 1.29 is 18.3 Å². The molecule has 2 heterocycles. The highest BCUT2D eigenvalue weighted by molar-refractivity contribution is 7.88. The summed E-state index contributed by atoms with van der Waals surface area (Å²) in [6, 6.07) is 8.36. The van der Waals surface area contributed by atoms with E-state index >= 15 is 0 Å². The molecule has 1 aliphatic heterocycles. The molecule has 1 N–H and O–H groups in total. The van der Waals surface area contributed by atoms with Crippen molar-refractivity contribution in [1.82, 2.24) is 14.3 Å². The van der Waals surface area contributed by atoms with Gasteiger partial charge in [0.1, 0.15) is 5.82 Å². The molecule has 1 aromatic carbocycles. The van der Waals surface area contributed by atoms with Crippen LogP contribution in [-0.2, 0) is 10.0 Å². The molecular formula is C17H19N3O4S. The van der Waals surface area contributed by atoms with Gasteiger partial charge in [-0.05, 0) is 31.5 Å². The van der Waals surface area contributed by atoms with Gasteiger partial charge in [0, 0.05) is 30.3 Å². The van der Waals surface area contributed by atoms with E-state index in [4.69, 9.17) is 5.11 Å². The van der Waals surface area contributed by atoms with E-state index in [0.717, 1.165) is 17.7 Å². The number of carbonyl (C=O) groups is 1. The number of aryl methyl sites for hydroxylation is 1. The number of hydrogen-bond acceptors (Lipinski definition) is 5. The fourth-order valence-corrected chi connectivity index (χ4v) is 3.89. The molecule has 1 saturated heterocycles. The molecule has 132 valence electrons. The number of carboxylic acids is 1. The summed E-state index contributed by atoms with van der Waals surface area (Å²) in [7, 11) is -3.19. The van der Waals surface area contributed by atoms with Crippen molar-refractivity contribution in [3.63, 3.8) is 0 Å². The maximum Gasteiger partial charge on any atom is 0.335 e. The SMILES string of the molecule is Cc1nc(-c2ccc(C(=O)O)cc2)cc(C2CCN(S(C)(=O)=O)C2)n1. The summed E-state index contributed by atoms with van der Waals surface area (Å²) in [6.45, 7) is 2.71. The Labute approximate surface area is 146 Å². The van der Waals surface area contributed by atoms with Gasteiger partial charge in [0.05, 0.1) is 17.5 Å². The summed E-state index contributed by atoms with van der Waals surface area (Å²) in [5.74, 6) is -0.334. The molecule has 7 nitrogen and oxygen atoms in total. The third kappa shape index (κ3) is 3.85. The van der Waals surface area contributed by atoms with Crippen molar-refractivity contribution in [2.75, 3.05) is 19.3 Å². The maximum absolute atomic E-state index is 11.7. The van der Waals surface area contributed by atoms with Gasteiger partial charge in [0.2, 0.25) is 10.0 Å². The van der Waals surface area contributed by atoms with Crippen molar-refractivity contribution in [1.29, 1.82) is 0 Å². The molecule has 25 heavy (non-hydrogen) atoms. The van der Waals surface area contributed by atoms with Crippen LogP contribution < -0.4 is 0 Å². The van der Waals surface area contributed by atoms with E-state index in [1.807, 2.05) is 6.07 Å². The van der Waals surface area contributed by atoms with Gasteiger partial charge in [-0.3, -0.25) is 0 Å². The van der Waals surface area contributed by atoms with Gasteiger partial charge in [-0.1, -0.05) is 12.1 Å². The number of nitrogens with zero attached hydrogens (tertiary/aromatic N) is 3. The Morgan fingerprint density at radius 1 is 1.24 bits per heavy atom. The Bertz CT molecular complexity index is 910. The van der Waals surface area contributed by atoms with Crippen LogP contribution in [-0.4, -0.2) is 53.1 Å². The Kier molecular flexibility index (Phi) is 4.57. The minimum Gasteiger partial charge on any atom is -0.478 e. The highest BCUT2D eigenvalue weighted by atomic mass is 32.2. The summed E-state index contributed by atoms with van der Waals surface area (Å²) >= 11 is 0. The van der Waals surface area contributed by atoms with Gasteiger partial charge in [-0.2, -0.15) is 0 Å². The summed E-state index contributed by atoms with van der Waals surface area (Å²) in [6.07, 6.45) is 1.94. The highest BCUT2D eigenvalue weighted by Crippen LogP contribution is 2.29. The second-order valence-electron chi connectivity index (χ2n) is 6.21. The van der Waals surface area contributed by atoms with Crippen molar-refractivity contribution in [2.45, 2.75) is 19.3 Å². The number of hydrogen-bond donors (Lipinski definition) is 1. The van der Waals surface area contributed by atoms with Crippen molar-refractivity contribution in [2.24, 2.45) is 0 Å². The zero-order valence-corrected chi connectivity index (χ0v) is 14.8. The third-order valence-electron chi connectivity index (χ3n) is 4.32. The van der Waals surface area contributed by atoms with Gasteiger partial charge in [0.25, 0.3) is 0 Å². The minimum absolute atomic E-state index is 0.0356. The largest absolute Gasteiger partial charge is 0.478 e. The van der Waals surface area contributed by atoms with Gasteiger partial charge >= 0.3 is 5.97 Å². The van der Waals surface area contributed by atoms with Crippen LogP contribution in [0.5, 0.6) is 0 Å². The first-order chi connectivity index (χ1) is 11.7. The van der Waals surface area contributed by atoms with Crippen molar-refractivity contribution in [3.8, 4) is 11.3 Å². The second-order valence-corrected chi connectivity index (χ2v) is 8.20. The van der Waals surface area contributed by atoms with Crippen LogP contribution in [0, 0.1) is 6.92 Å². The van der Waals surface area contributed by atoms with E-state index in [2.05, 4.69) is 9.97 Å². The van der Waals surface area contributed by atoms with Crippen LogP contribution in [0.2, 0.25) is 0 Å². The van der Waals surface area contributed by atoms with E-state index in [-0.39, 0.29) is 11.5 Å². The summed E-state index contributed by atoms with van der Waals surface area (Å²) < 4.78 is 24.9. The first-order valence-electron chi connectivity index (χ1n) is 7.88. The van der Waals surface area contributed by atoms with E-state index < -0.39 is 16.0 Å². The molecule has 0 bridgehead atoms. The molecule has 0 saturated carbocycles. The predicted octanol–water partition coefficient (Wildman–Crippen LogP) is 1.90. The van der Waals surface area contributed by atoms with E-state index in [1.54, 1.807) is 19.1 Å². The smallest absolute Gasteiger partial charge is 0.335 e. The average molecular weight is 361 g/mol. The van der Waals surface area contributed by atoms with Gasteiger partial charge in [0.15, 0.2) is 0 Å². The molecule has 1 aromatic heterocycles. The quantitative estimate of drug-likeness (QED) is 0.893. The second kappa shape index (κ2) is 6.53. The maximum atomic E-state index is 11.7. The summed E-state index contributed by atoms with van der Waals surface area (Å²) in [4.78, 5) is 19.9. The number of aromatic carboxylic acids is 1. The molecule has 0 aliphatic carbocycles. The molecule has 1 atom stereocenters. The average Bonchev–Trinajstić information content (AvgIpc) is 3.04. The molecule has 1 aliphatic rings. The van der Waals surface area contributed by atoms with Crippen molar-refractivity contribution >= 4 is 16.0 Å². The number of aromatic nitrogens is 2. The molecule has 2 aromatic rings. The minimum atomic E-state index is -3.19. The molecule has 1 fully saturated rings. The van der Waals surface area contributed by atoms with Crippen LogP contribution in [0.1, 0.15) is 34.2 Å². The number of benzene rings is 1. The number of carboxylic acid groups (broad SMARTS) is 1. The number of sulfonamides is 1. The zero-order valence-electron chi connectivity index (χ0n) is 14.0. The highest BCUT2D eigenvalue weighted by Gasteiger charge is 2.30. The fraction of sp³-hybridized carbons (Fsp3) is 0.353. The molecule has 0 spiro atoms. The number of rotatable bonds is 4. The topological polar surface area (TPSA) is 100 Å². The lowest BCUT2D eigenvalue weighted by atomic mass is 10.0. The zero-order chi connectivity index (χ0) is 18.2. The van der Waals surface area contributed by atoms with Crippen LogP contribution in [0.3, 0.4) is 0 Å². The van der Waals surface area contributed by atoms with Crippen molar-refractivity contribution in [3.05, 3.63) is 47.4 Å². The van der Waals surface area contributed by atoms with Crippen LogP contribution in [0.25, 0.3) is 11.3 Å². The van der Waals surface area contributed by atoms with E-state index in [9.17, 15) is 13.2 Å². The van der Waals surface area contributed by atoms with Crippen LogP contribution in [0.4, 0.5) is 0 Å². The van der Waals surface area contributed by atoms with Gasteiger partial charge in [-0.15, -0.1) is 0 Å². The normalized spacial score (nSPS) is 18.4. The Morgan fingerprint density at radius 3 is 2.48 bits per heavy atom. The Hall–Kier alpha value is -2.32. The molecule has 0 radical (unpaired) electrons. The standard InChI is InChI=1S/C17H19N3O4S/c1-11-18-15(12-3-5-13(6-4-12)17(21)22)9-16(19-11)14-7-8-20(10-14)25(2,23)24/h3-6,9,14H,7-8,10H2,1-2H3,(H,21,22). The summed E-state index contributed by atoms with van der Waals surface area (Å²) in [5, 5.41) is 8.99. The third-order valence-corrected chi connectivity index (χ3v) is 5.59. The molecule has 8 heteroatoms. The lowest BCUT2D eigenvalue weighted by Crippen LogP contribution is -2.27. The van der Waals surface area contributed by atoms with E-state index in [1.165, 1.54) is 22.7 Å². The van der Waals surface area contributed by atoms with Gasteiger partial charge in [-0.25, -0.2) is 27.5 Å². The van der Waals surface area contributed by atoms with Crippen LogP contribution in [0.15, 0.2) is 30.3 Å². The first kappa shape index (κ1) is 17.5. The monoisotopic (exact) mass is 361 g/mol. The molecule has 3 rings (SSSR count). The van der Waals surface area contributed by atoms with Gasteiger partial charge < -0.3 is 5.11 Å². The van der Waals surface area contributed by atoms with Crippen LogP contribution >= 0.6 is 0 Å². The molecule has 0 amide bonds. The predicted molar refractivity (Wildman–Crippen MR) is 92.9 cm³/mol. The van der Waals surface area contributed by atoms with E-state index in [0.29, 0.717) is 24.6 Å². The molecule has 1 unspecified atom stereocenters. The lowest BCUT2D eigenvalue weighted by molar-refractivity contribution is 0.0697. The Balaban J connectivity index is 1.90.